The van der Waals surface area contributed by atoms with Crippen LogP contribution >= 0.6 is 0 Å². The number of hydrogen-bond acceptors (Lipinski definition) is 5. The van der Waals surface area contributed by atoms with Crippen LogP contribution in [0.15, 0.2) is 15.5 Å². The fourth-order valence-electron chi connectivity index (χ4n) is 1.82. The van der Waals surface area contributed by atoms with Crippen molar-refractivity contribution in [3.63, 3.8) is 0 Å². The Morgan fingerprint density at radius 1 is 1.58 bits per heavy atom. The summed E-state index contributed by atoms with van der Waals surface area (Å²) in [7, 11) is 3.12. The van der Waals surface area contributed by atoms with E-state index in [-0.39, 0.29) is 28.1 Å². The highest BCUT2D eigenvalue weighted by Crippen LogP contribution is 2.20. The predicted molar refractivity (Wildman–Crippen MR) is 68.2 cm³/mol. The lowest BCUT2D eigenvalue weighted by atomic mass is 10.2. The Morgan fingerprint density at radius 3 is 3.00 bits per heavy atom. The molecule has 0 saturated carbocycles. The van der Waals surface area contributed by atoms with E-state index in [0.717, 1.165) is 0 Å². The molecular formula is C12H15N3O4. The number of aromatic nitrogens is 2. The van der Waals surface area contributed by atoms with E-state index >= 15 is 0 Å². The molecule has 2 aromatic rings. The minimum atomic E-state index is -0.363. The van der Waals surface area contributed by atoms with Gasteiger partial charge in [0, 0.05) is 20.7 Å². The molecule has 0 aliphatic heterocycles. The third kappa shape index (κ3) is 2.37. The van der Waals surface area contributed by atoms with Crippen molar-refractivity contribution in [3.8, 4) is 0 Å². The minimum Gasteiger partial charge on any atom is -0.442 e. The first-order valence-corrected chi connectivity index (χ1v) is 5.78. The topological polar surface area (TPSA) is 86.4 Å². The lowest BCUT2D eigenvalue weighted by Crippen LogP contribution is -2.28. The van der Waals surface area contributed by atoms with Gasteiger partial charge in [0.25, 0.3) is 11.5 Å². The molecule has 7 heteroatoms. The standard InChI is InChI=1S/C12H15N3O4/c1-7-8(10(16)13-4-5-18-3)9-11(19-7)14-6-15(2)12(9)17/h6H,4-5H2,1-3H3,(H,13,16). The van der Waals surface area contributed by atoms with Gasteiger partial charge in [-0.3, -0.25) is 9.59 Å². The Labute approximate surface area is 109 Å². The van der Waals surface area contributed by atoms with Gasteiger partial charge >= 0.3 is 0 Å². The van der Waals surface area contributed by atoms with Gasteiger partial charge in [0.15, 0.2) is 0 Å². The molecule has 19 heavy (non-hydrogen) atoms. The second-order valence-corrected chi connectivity index (χ2v) is 4.12. The molecule has 2 rings (SSSR count). The van der Waals surface area contributed by atoms with Crippen molar-refractivity contribution in [2.75, 3.05) is 20.3 Å². The molecule has 0 radical (unpaired) electrons. The van der Waals surface area contributed by atoms with E-state index in [1.165, 1.54) is 10.9 Å². The van der Waals surface area contributed by atoms with Crippen molar-refractivity contribution >= 4 is 17.0 Å². The fourth-order valence-corrected chi connectivity index (χ4v) is 1.82. The van der Waals surface area contributed by atoms with E-state index in [4.69, 9.17) is 9.15 Å². The van der Waals surface area contributed by atoms with Gasteiger partial charge in [-0.05, 0) is 6.92 Å². The van der Waals surface area contributed by atoms with Gasteiger partial charge in [-0.1, -0.05) is 0 Å². The Morgan fingerprint density at radius 2 is 2.32 bits per heavy atom. The second kappa shape index (κ2) is 5.23. The van der Waals surface area contributed by atoms with Crippen molar-refractivity contribution in [2.24, 2.45) is 7.05 Å². The Bertz CT molecular complexity index is 671. The van der Waals surface area contributed by atoms with Crippen LogP contribution in [0.2, 0.25) is 0 Å². The molecular weight excluding hydrogens is 250 g/mol. The van der Waals surface area contributed by atoms with Gasteiger partial charge in [-0.15, -0.1) is 0 Å². The van der Waals surface area contributed by atoms with Crippen molar-refractivity contribution in [1.29, 1.82) is 0 Å². The summed E-state index contributed by atoms with van der Waals surface area (Å²) in [4.78, 5) is 28.1. The third-order valence-corrected chi connectivity index (χ3v) is 2.77. The van der Waals surface area contributed by atoms with Crippen LogP contribution in [-0.2, 0) is 11.8 Å². The van der Waals surface area contributed by atoms with E-state index < -0.39 is 0 Å². The van der Waals surface area contributed by atoms with Gasteiger partial charge in [0.05, 0.1) is 12.2 Å². The predicted octanol–water partition coefficient (Wildman–Crippen LogP) is 0.211. The average molecular weight is 265 g/mol. The number of hydrogen-bond donors (Lipinski definition) is 1. The van der Waals surface area contributed by atoms with Gasteiger partial charge in [-0.25, -0.2) is 4.98 Å². The number of aryl methyl sites for hydroxylation is 2. The summed E-state index contributed by atoms with van der Waals surface area (Å²) in [5.74, 6) is 0.0131. The largest absolute Gasteiger partial charge is 0.442 e. The van der Waals surface area contributed by atoms with E-state index in [0.29, 0.717) is 18.9 Å². The molecule has 1 amide bonds. The molecule has 0 atom stereocenters. The van der Waals surface area contributed by atoms with Crippen LogP contribution in [0.1, 0.15) is 16.1 Å². The average Bonchev–Trinajstić information content (AvgIpc) is 2.71. The molecule has 7 nitrogen and oxygen atoms in total. The third-order valence-electron chi connectivity index (χ3n) is 2.77. The first kappa shape index (κ1) is 13.3. The molecule has 0 saturated heterocycles. The first-order valence-electron chi connectivity index (χ1n) is 5.78. The zero-order valence-corrected chi connectivity index (χ0v) is 11.0. The van der Waals surface area contributed by atoms with Crippen molar-refractivity contribution in [2.45, 2.75) is 6.92 Å². The summed E-state index contributed by atoms with van der Waals surface area (Å²) >= 11 is 0. The van der Waals surface area contributed by atoms with Gasteiger partial charge < -0.3 is 19.0 Å². The second-order valence-electron chi connectivity index (χ2n) is 4.12. The normalized spacial score (nSPS) is 10.9. The fraction of sp³-hybridized carbons (Fsp3) is 0.417. The quantitative estimate of drug-likeness (QED) is 0.799. The van der Waals surface area contributed by atoms with E-state index in [1.807, 2.05) is 0 Å². The number of ether oxygens (including phenoxy) is 1. The van der Waals surface area contributed by atoms with Crippen molar-refractivity contribution < 1.29 is 13.9 Å². The molecule has 2 aromatic heterocycles. The molecule has 0 aliphatic carbocycles. The molecule has 1 N–H and O–H groups in total. The summed E-state index contributed by atoms with van der Waals surface area (Å²) < 4.78 is 11.5. The van der Waals surface area contributed by atoms with Crippen LogP contribution in [0.3, 0.4) is 0 Å². The maximum Gasteiger partial charge on any atom is 0.265 e. The molecule has 2 heterocycles. The van der Waals surface area contributed by atoms with Gasteiger partial charge in [0.2, 0.25) is 5.71 Å². The highest BCUT2D eigenvalue weighted by atomic mass is 16.5. The number of methoxy groups -OCH3 is 1. The number of carbonyl (C=O) groups excluding carboxylic acids is 1. The Hall–Kier alpha value is -2.15. The monoisotopic (exact) mass is 265 g/mol. The summed E-state index contributed by atoms with van der Waals surface area (Å²) in [6.45, 7) is 2.39. The zero-order chi connectivity index (χ0) is 14.0. The van der Waals surface area contributed by atoms with Crippen LogP contribution in [0.4, 0.5) is 0 Å². The van der Waals surface area contributed by atoms with Gasteiger partial charge in [0.1, 0.15) is 17.5 Å². The molecule has 0 aliphatic rings. The zero-order valence-electron chi connectivity index (χ0n) is 11.0. The van der Waals surface area contributed by atoms with Crippen molar-refractivity contribution in [3.05, 3.63) is 28.0 Å². The highest BCUT2D eigenvalue weighted by molar-refractivity contribution is 6.06. The number of nitrogens with one attached hydrogen (secondary N) is 1. The summed E-state index contributed by atoms with van der Waals surface area (Å²) in [6.07, 6.45) is 1.36. The van der Waals surface area contributed by atoms with E-state index in [1.54, 1.807) is 21.1 Å². The van der Waals surface area contributed by atoms with Crippen LogP contribution in [0, 0.1) is 6.92 Å². The van der Waals surface area contributed by atoms with Crippen LogP contribution < -0.4 is 10.9 Å². The van der Waals surface area contributed by atoms with E-state index in [9.17, 15) is 9.59 Å². The summed E-state index contributed by atoms with van der Waals surface area (Å²) in [5.41, 5.74) is 0.107. The Balaban J connectivity index is 2.47. The minimum absolute atomic E-state index is 0.178. The number of furan rings is 1. The summed E-state index contributed by atoms with van der Waals surface area (Å²) in [5, 5.41) is 2.87. The number of fused-ring (bicyclic) bond motifs is 1. The SMILES string of the molecule is COCCNC(=O)c1c(C)oc2ncn(C)c(=O)c12. The maximum absolute atomic E-state index is 12.1. The van der Waals surface area contributed by atoms with Gasteiger partial charge in [-0.2, -0.15) is 0 Å². The Kier molecular flexibility index (Phi) is 3.66. The molecule has 0 spiro atoms. The van der Waals surface area contributed by atoms with Crippen molar-refractivity contribution in [1.82, 2.24) is 14.9 Å². The lowest BCUT2D eigenvalue weighted by molar-refractivity contribution is 0.0937. The molecule has 0 unspecified atom stereocenters. The molecule has 0 aromatic carbocycles. The molecule has 102 valence electrons. The lowest BCUT2D eigenvalue weighted by Gasteiger charge is -2.03. The van der Waals surface area contributed by atoms with E-state index in [2.05, 4.69) is 10.3 Å². The highest BCUT2D eigenvalue weighted by Gasteiger charge is 2.21. The van der Waals surface area contributed by atoms with Crippen LogP contribution in [0.25, 0.3) is 11.1 Å². The number of amides is 1. The van der Waals surface area contributed by atoms with Crippen LogP contribution in [0.5, 0.6) is 0 Å². The maximum atomic E-state index is 12.1. The molecule has 0 bridgehead atoms. The summed E-state index contributed by atoms with van der Waals surface area (Å²) in [6, 6.07) is 0. The number of carbonyl (C=O) groups is 1. The first-order chi connectivity index (χ1) is 9.06. The number of nitrogens with zero attached hydrogens (tertiary/aromatic N) is 2. The number of rotatable bonds is 4. The molecule has 0 fully saturated rings. The smallest absolute Gasteiger partial charge is 0.265 e. The van der Waals surface area contributed by atoms with Crippen LogP contribution in [-0.4, -0.2) is 35.7 Å².